The van der Waals surface area contributed by atoms with Crippen LogP contribution in [-0.4, -0.2) is 37.2 Å². The lowest BCUT2D eigenvalue weighted by atomic mass is 10.1. The molecule has 0 rings (SSSR count). The molecule has 6 nitrogen and oxygen atoms in total. The van der Waals surface area contributed by atoms with E-state index < -0.39 is 12.1 Å². The van der Waals surface area contributed by atoms with Crippen molar-refractivity contribution in [2.75, 3.05) is 13.2 Å². The Bertz CT molecular complexity index is 1270. The molecule has 0 amide bonds. The number of ether oxygens (including phenoxy) is 3. The minimum Gasteiger partial charge on any atom is -0.462 e. The first-order chi connectivity index (χ1) is 26.5. The Hall–Kier alpha value is -4.45. The third-order valence-corrected chi connectivity index (χ3v) is 7.63. The molecule has 0 aromatic rings. The summed E-state index contributed by atoms with van der Waals surface area (Å²) in [4.78, 5) is 37.5. The number of carbonyl (C=O) groups excluding carboxylic acids is 3. The van der Waals surface area contributed by atoms with E-state index in [1.54, 1.807) is 0 Å². The predicted octanol–water partition coefficient (Wildman–Crippen LogP) is 12.8. The van der Waals surface area contributed by atoms with E-state index in [0.29, 0.717) is 25.7 Å². The molecule has 0 aromatic carbocycles. The molecular formula is C48H70O6. The molecule has 0 fully saturated rings. The molecule has 6 heteroatoms. The van der Waals surface area contributed by atoms with Gasteiger partial charge in [0.2, 0.25) is 0 Å². The van der Waals surface area contributed by atoms with Crippen LogP contribution in [0.15, 0.2) is 134 Å². The van der Waals surface area contributed by atoms with E-state index in [2.05, 4.69) is 45.1 Å². The summed E-state index contributed by atoms with van der Waals surface area (Å²) in [5.74, 6) is -1.13. The lowest BCUT2D eigenvalue weighted by Gasteiger charge is -2.18. The standard InChI is InChI=1S/C48H70O6/c1-4-7-10-13-16-19-22-24-26-29-32-35-38-41-47(50)53-44-45(43-52-46(49)40-37-34-31-28-21-18-15-12-9-6-3)54-48(51)42-39-36-33-30-27-25-23-20-17-14-11-8-5-2/h7-8,10-11,13-20,22-27,29-30,32-33,45H,4-6,9,12,21,28,31,34-44H2,1-3H3/b10-7-,11-8-,16-13-,17-14-,18-15-,22-19-,23-20-,26-24-,27-25-,32-29-,33-30-. The van der Waals surface area contributed by atoms with Crippen molar-refractivity contribution in [3.63, 3.8) is 0 Å². The molecular weight excluding hydrogens is 673 g/mol. The summed E-state index contributed by atoms with van der Waals surface area (Å²) in [7, 11) is 0. The summed E-state index contributed by atoms with van der Waals surface area (Å²) < 4.78 is 16.5. The van der Waals surface area contributed by atoms with Gasteiger partial charge in [0.15, 0.2) is 6.10 Å². The number of carbonyl (C=O) groups is 3. The van der Waals surface area contributed by atoms with E-state index in [-0.39, 0.29) is 38.0 Å². The van der Waals surface area contributed by atoms with Crippen LogP contribution in [0.1, 0.15) is 130 Å². The molecule has 298 valence electrons. The molecule has 0 bridgehead atoms. The molecule has 0 aliphatic rings. The monoisotopic (exact) mass is 743 g/mol. The first-order valence-electron chi connectivity index (χ1n) is 20.3. The van der Waals surface area contributed by atoms with Gasteiger partial charge in [0.05, 0.1) is 0 Å². The molecule has 0 N–H and O–H groups in total. The summed E-state index contributed by atoms with van der Waals surface area (Å²) in [6.45, 7) is 6.10. The minimum absolute atomic E-state index is 0.141. The second-order valence-corrected chi connectivity index (χ2v) is 12.7. The van der Waals surface area contributed by atoms with Gasteiger partial charge in [-0.25, -0.2) is 0 Å². The van der Waals surface area contributed by atoms with Crippen LogP contribution in [0.2, 0.25) is 0 Å². The number of hydrogen-bond donors (Lipinski definition) is 0. The van der Waals surface area contributed by atoms with Crippen molar-refractivity contribution in [2.24, 2.45) is 0 Å². The Kier molecular flexibility index (Phi) is 37.9. The fourth-order valence-corrected chi connectivity index (χ4v) is 4.60. The van der Waals surface area contributed by atoms with Crippen molar-refractivity contribution in [3.05, 3.63) is 134 Å². The molecule has 0 heterocycles. The summed E-state index contributed by atoms with van der Waals surface area (Å²) >= 11 is 0. The molecule has 0 saturated heterocycles. The van der Waals surface area contributed by atoms with Crippen LogP contribution in [0, 0.1) is 0 Å². The lowest BCUT2D eigenvalue weighted by Crippen LogP contribution is -2.30. The molecule has 0 spiro atoms. The van der Waals surface area contributed by atoms with Crippen LogP contribution in [0.4, 0.5) is 0 Å². The number of rotatable bonds is 33. The summed E-state index contributed by atoms with van der Waals surface area (Å²) in [6, 6.07) is 0. The van der Waals surface area contributed by atoms with Gasteiger partial charge in [-0.3, -0.25) is 14.4 Å². The molecule has 1 atom stereocenters. The zero-order chi connectivity index (χ0) is 39.4. The van der Waals surface area contributed by atoms with Gasteiger partial charge in [-0.1, -0.05) is 180 Å². The highest BCUT2D eigenvalue weighted by atomic mass is 16.6. The topological polar surface area (TPSA) is 78.9 Å². The first-order valence-corrected chi connectivity index (χ1v) is 20.3. The van der Waals surface area contributed by atoms with Crippen LogP contribution >= 0.6 is 0 Å². The number of esters is 3. The maximum absolute atomic E-state index is 12.6. The Balaban J connectivity index is 4.70. The van der Waals surface area contributed by atoms with E-state index in [0.717, 1.165) is 57.8 Å². The van der Waals surface area contributed by atoms with Crippen molar-refractivity contribution in [2.45, 2.75) is 136 Å². The van der Waals surface area contributed by atoms with E-state index >= 15 is 0 Å². The van der Waals surface area contributed by atoms with Gasteiger partial charge in [-0.15, -0.1) is 0 Å². The highest BCUT2D eigenvalue weighted by molar-refractivity contribution is 5.71. The van der Waals surface area contributed by atoms with Crippen molar-refractivity contribution in [1.29, 1.82) is 0 Å². The Morgan fingerprint density at radius 2 is 0.759 bits per heavy atom. The Morgan fingerprint density at radius 1 is 0.389 bits per heavy atom. The highest BCUT2D eigenvalue weighted by Crippen LogP contribution is 2.10. The third-order valence-electron chi connectivity index (χ3n) is 7.63. The van der Waals surface area contributed by atoms with Crippen molar-refractivity contribution >= 4 is 17.9 Å². The van der Waals surface area contributed by atoms with Gasteiger partial charge in [0.25, 0.3) is 0 Å². The average Bonchev–Trinajstić information content (AvgIpc) is 3.17. The summed E-state index contributed by atoms with van der Waals surface area (Å²) in [5.41, 5.74) is 0. The molecule has 0 aliphatic heterocycles. The van der Waals surface area contributed by atoms with Crippen LogP contribution in [0.25, 0.3) is 0 Å². The van der Waals surface area contributed by atoms with Crippen LogP contribution in [0.3, 0.4) is 0 Å². The smallest absolute Gasteiger partial charge is 0.306 e. The van der Waals surface area contributed by atoms with Gasteiger partial charge in [-0.2, -0.15) is 0 Å². The van der Waals surface area contributed by atoms with Crippen LogP contribution in [0.5, 0.6) is 0 Å². The van der Waals surface area contributed by atoms with Crippen LogP contribution < -0.4 is 0 Å². The predicted molar refractivity (Wildman–Crippen MR) is 228 cm³/mol. The molecule has 54 heavy (non-hydrogen) atoms. The van der Waals surface area contributed by atoms with Gasteiger partial charge in [0, 0.05) is 19.3 Å². The van der Waals surface area contributed by atoms with Gasteiger partial charge in [-0.05, 0) is 64.2 Å². The van der Waals surface area contributed by atoms with Gasteiger partial charge >= 0.3 is 17.9 Å². The second kappa shape index (κ2) is 41.3. The van der Waals surface area contributed by atoms with E-state index in [1.807, 2.05) is 109 Å². The second-order valence-electron chi connectivity index (χ2n) is 12.7. The molecule has 0 saturated carbocycles. The fourth-order valence-electron chi connectivity index (χ4n) is 4.60. The van der Waals surface area contributed by atoms with E-state index in [9.17, 15) is 14.4 Å². The zero-order valence-electron chi connectivity index (χ0n) is 33.7. The molecule has 0 radical (unpaired) electrons. The molecule has 0 aliphatic carbocycles. The number of hydrogen-bond acceptors (Lipinski definition) is 6. The summed E-state index contributed by atoms with van der Waals surface area (Å²) in [6.07, 6.45) is 57.4. The van der Waals surface area contributed by atoms with E-state index in [4.69, 9.17) is 14.2 Å². The largest absolute Gasteiger partial charge is 0.462 e. The lowest BCUT2D eigenvalue weighted by molar-refractivity contribution is -0.167. The van der Waals surface area contributed by atoms with E-state index in [1.165, 1.54) is 12.8 Å². The third kappa shape index (κ3) is 38.8. The number of allylic oxidation sites excluding steroid dienone is 22. The highest BCUT2D eigenvalue weighted by Gasteiger charge is 2.19. The zero-order valence-corrected chi connectivity index (χ0v) is 33.7. The van der Waals surface area contributed by atoms with Crippen molar-refractivity contribution in [1.82, 2.24) is 0 Å². The Morgan fingerprint density at radius 3 is 1.22 bits per heavy atom. The fraction of sp³-hybridized carbons (Fsp3) is 0.479. The van der Waals surface area contributed by atoms with Gasteiger partial charge in [0.1, 0.15) is 13.2 Å². The van der Waals surface area contributed by atoms with Crippen molar-refractivity contribution in [3.8, 4) is 0 Å². The average molecular weight is 743 g/mol. The quantitative estimate of drug-likeness (QED) is 0.0219. The minimum atomic E-state index is -0.850. The maximum Gasteiger partial charge on any atom is 0.306 e. The normalized spacial score (nSPS) is 13.5. The van der Waals surface area contributed by atoms with Crippen molar-refractivity contribution < 1.29 is 28.6 Å². The Labute approximate surface area is 328 Å². The number of unbranched alkanes of at least 4 members (excludes halogenated alkanes) is 8. The maximum atomic E-state index is 12.6. The summed E-state index contributed by atoms with van der Waals surface area (Å²) in [5, 5.41) is 0. The van der Waals surface area contributed by atoms with Gasteiger partial charge < -0.3 is 14.2 Å². The SMILES string of the molecule is CC\C=C/C=C\C=C/C=C\C=C/CCCC(=O)OCC(COC(=O)CCCCCC/C=C\CCCC)OC(=O)CCC\C=C/C=C\C=C/C=C\C=C/CC. The first kappa shape index (κ1) is 49.6. The molecule has 0 aromatic heterocycles. The van der Waals surface area contributed by atoms with Crippen LogP contribution in [-0.2, 0) is 28.6 Å². The molecule has 1 unspecified atom stereocenters.